The fourth-order valence-corrected chi connectivity index (χ4v) is 3.55. The Hall–Kier alpha value is -3.73. The van der Waals surface area contributed by atoms with Crippen molar-refractivity contribution in [2.24, 2.45) is 0 Å². The van der Waals surface area contributed by atoms with E-state index < -0.39 is 0 Å². The number of nitrogens with zero attached hydrogens (tertiary/aromatic N) is 3. The van der Waals surface area contributed by atoms with E-state index in [1.807, 2.05) is 73.7 Å². The molecular weight excluding hydrogens is 374 g/mol. The van der Waals surface area contributed by atoms with Crippen molar-refractivity contribution in [3.63, 3.8) is 0 Å². The number of aryl methyl sites for hydroxylation is 1. The van der Waals surface area contributed by atoms with Gasteiger partial charge in [0, 0.05) is 19.0 Å². The Morgan fingerprint density at radius 1 is 0.900 bits per heavy atom. The number of benzene rings is 3. The van der Waals surface area contributed by atoms with Gasteiger partial charge in [0.05, 0.1) is 11.9 Å². The molecule has 4 rings (SSSR count). The SMILES string of the molecule is Cc1ccccc1CN(C)C(=O)c1nn(Cc2ccccc2)c(=O)c2ccccc12. The summed E-state index contributed by atoms with van der Waals surface area (Å²) in [5.74, 6) is -0.212. The standard InChI is InChI=1S/C25H23N3O2/c1-18-10-6-7-13-20(18)17-27(2)25(30)23-21-14-8-9-15-22(21)24(29)28(26-23)16-19-11-4-3-5-12-19/h3-15H,16-17H2,1-2H3. The van der Waals surface area contributed by atoms with Crippen LogP contribution in [0.25, 0.3) is 10.8 Å². The summed E-state index contributed by atoms with van der Waals surface area (Å²) in [5.41, 5.74) is 3.25. The quantitative estimate of drug-likeness (QED) is 0.511. The molecular formula is C25H23N3O2. The van der Waals surface area contributed by atoms with Gasteiger partial charge in [-0.15, -0.1) is 0 Å². The zero-order valence-electron chi connectivity index (χ0n) is 17.1. The van der Waals surface area contributed by atoms with E-state index in [0.29, 0.717) is 23.9 Å². The lowest BCUT2D eigenvalue weighted by molar-refractivity contribution is 0.0778. The number of carbonyl (C=O) groups excluding carboxylic acids is 1. The highest BCUT2D eigenvalue weighted by molar-refractivity contribution is 6.04. The molecule has 1 amide bonds. The van der Waals surface area contributed by atoms with Gasteiger partial charge in [0.1, 0.15) is 0 Å². The average Bonchev–Trinajstić information content (AvgIpc) is 2.77. The number of carbonyl (C=O) groups is 1. The van der Waals surface area contributed by atoms with Gasteiger partial charge in [-0.1, -0.05) is 72.8 Å². The lowest BCUT2D eigenvalue weighted by atomic mass is 10.1. The fourth-order valence-electron chi connectivity index (χ4n) is 3.55. The Balaban J connectivity index is 1.75. The summed E-state index contributed by atoms with van der Waals surface area (Å²) in [4.78, 5) is 28.0. The van der Waals surface area contributed by atoms with Gasteiger partial charge in [-0.25, -0.2) is 4.68 Å². The molecule has 0 N–H and O–H groups in total. The summed E-state index contributed by atoms with van der Waals surface area (Å²) in [7, 11) is 1.76. The summed E-state index contributed by atoms with van der Waals surface area (Å²) < 4.78 is 1.38. The van der Waals surface area contributed by atoms with Crippen LogP contribution in [-0.2, 0) is 13.1 Å². The van der Waals surface area contributed by atoms with Crippen molar-refractivity contribution in [3.05, 3.63) is 112 Å². The number of rotatable bonds is 5. The van der Waals surface area contributed by atoms with E-state index in [1.165, 1.54) is 4.68 Å². The summed E-state index contributed by atoms with van der Waals surface area (Å²) in [6.07, 6.45) is 0. The molecule has 0 aliphatic rings. The Labute approximate surface area is 175 Å². The maximum Gasteiger partial charge on any atom is 0.274 e. The molecule has 3 aromatic carbocycles. The minimum atomic E-state index is -0.212. The molecule has 4 aromatic rings. The van der Waals surface area contributed by atoms with E-state index >= 15 is 0 Å². The predicted molar refractivity (Wildman–Crippen MR) is 119 cm³/mol. The first-order valence-corrected chi connectivity index (χ1v) is 9.88. The van der Waals surface area contributed by atoms with Crippen molar-refractivity contribution in [1.29, 1.82) is 0 Å². The molecule has 1 heterocycles. The van der Waals surface area contributed by atoms with Crippen molar-refractivity contribution in [2.45, 2.75) is 20.0 Å². The molecule has 30 heavy (non-hydrogen) atoms. The lowest BCUT2D eigenvalue weighted by Crippen LogP contribution is -2.32. The Morgan fingerprint density at radius 2 is 1.53 bits per heavy atom. The normalized spacial score (nSPS) is 10.9. The van der Waals surface area contributed by atoms with Crippen LogP contribution in [-0.4, -0.2) is 27.6 Å². The smallest absolute Gasteiger partial charge is 0.274 e. The molecule has 5 nitrogen and oxygen atoms in total. The number of aromatic nitrogens is 2. The van der Waals surface area contributed by atoms with Gasteiger partial charge in [-0.2, -0.15) is 5.10 Å². The second-order valence-electron chi connectivity index (χ2n) is 7.43. The molecule has 0 aliphatic carbocycles. The Morgan fingerprint density at radius 3 is 2.27 bits per heavy atom. The van der Waals surface area contributed by atoms with Crippen molar-refractivity contribution in [3.8, 4) is 0 Å². The number of hydrogen-bond donors (Lipinski definition) is 0. The third-order valence-electron chi connectivity index (χ3n) is 5.26. The summed E-state index contributed by atoms with van der Waals surface area (Å²) in [5, 5.41) is 5.57. The largest absolute Gasteiger partial charge is 0.336 e. The first-order valence-electron chi connectivity index (χ1n) is 9.88. The molecule has 150 valence electrons. The minimum Gasteiger partial charge on any atom is -0.336 e. The maximum absolute atomic E-state index is 13.3. The summed E-state index contributed by atoms with van der Waals surface area (Å²) >= 11 is 0. The zero-order chi connectivity index (χ0) is 21.1. The van der Waals surface area contributed by atoms with Crippen LogP contribution in [0, 0.1) is 6.92 Å². The average molecular weight is 397 g/mol. The molecule has 0 aliphatic heterocycles. The second-order valence-corrected chi connectivity index (χ2v) is 7.43. The summed E-state index contributed by atoms with van der Waals surface area (Å²) in [6.45, 7) is 2.81. The van der Waals surface area contributed by atoms with Crippen molar-refractivity contribution < 1.29 is 4.79 Å². The zero-order valence-corrected chi connectivity index (χ0v) is 17.1. The highest BCUT2D eigenvalue weighted by atomic mass is 16.2. The van der Waals surface area contributed by atoms with Gasteiger partial charge in [0.25, 0.3) is 11.5 Å². The first kappa shape index (κ1) is 19.6. The minimum absolute atomic E-state index is 0.201. The van der Waals surface area contributed by atoms with E-state index in [4.69, 9.17) is 0 Å². The van der Waals surface area contributed by atoms with Crippen LogP contribution in [0.15, 0.2) is 83.7 Å². The maximum atomic E-state index is 13.3. The van der Waals surface area contributed by atoms with Gasteiger partial charge < -0.3 is 4.90 Å². The molecule has 0 saturated carbocycles. The van der Waals surface area contributed by atoms with Crippen LogP contribution in [0.2, 0.25) is 0 Å². The van der Waals surface area contributed by atoms with E-state index in [2.05, 4.69) is 5.10 Å². The van der Waals surface area contributed by atoms with Crippen LogP contribution in [0.4, 0.5) is 0 Å². The van der Waals surface area contributed by atoms with Gasteiger partial charge in [0.2, 0.25) is 0 Å². The number of amides is 1. The molecule has 0 radical (unpaired) electrons. The van der Waals surface area contributed by atoms with Crippen LogP contribution < -0.4 is 5.56 Å². The third-order valence-corrected chi connectivity index (χ3v) is 5.26. The summed E-state index contributed by atoms with van der Waals surface area (Å²) in [6, 6.07) is 24.8. The van der Waals surface area contributed by atoms with E-state index in [-0.39, 0.29) is 17.2 Å². The number of hydrogen-bond acceptors (Lipinski definition) is 3. The van der Waals surface area contributed by atoms with Crippen molar-refractivity contribution in [2.75, 3.05) is 7.05 Å². The first-order chi connectivity index (χ1) is 14.5. The van der Waals surface area contributed by atoms with Crippen LogP contribution in [0.5, 0.6) is 0 Å². The number of fused-ring (bicyclic) bond motifs is 1. The molecule has 0 fully saturated rings. The van der Waals surface area contributed by atoms with Gasteiger partial charge in [-0.05, 0) is 29.7 Å². The van der Waals surface area contributed by atoms with Gasteiger partial charge in [0.15, 0.2) is 5.69 Å². The fraction of sp³-hybridized carbons (Fsp3) is 0.160. The van der Waals surface area contributed by atoms with Crippen LogP contribution in [0.3, 0.4) is 0 Å². The predicted octanol–water partition coefficient (Wildman–Crippen LogP) is 4.03. The Kier molecular flexibility index (Phi) is 5.44. The van der Waals surface area contributed by atoms with Crippen molar-refractivity contribution >= 4 is 16.7 Å². The van der Waals surface area contributed by atoms with Gasteiger partial charge >= 0.3 is 0 Å². The molecule has 0 atom stereocenters. The molecule has 0 spiro atoms. The Bertz CT molecular complexity index is 1260. The molecule has 0 saturated heterocycles. The highest BCUT2D eigenvalue weighted by Crippen LogP contribution is 2.17. The highest BCUT2D eigenvalue weighted by Gasteiger charge is 2.20. The second kappa shape index (κ2) is 8.33. The molecule has 0 unspecified atom stereocenters. The topological polar surface area (TPSA) is 55.2 Å². The van der Waals surface area contributed by atoms with Crippen LogP contribution in [0.1, 0.15) is 27.2 Å². The monoisotopic (exact) mass is 397 g/mol. The molecule has 1 aromatic heterocycles. The lowest BCUT2D eigenvalue weighted by Gasteiger charge is -2.19. The van der Waals surface area contributed by atoms with E-state index in [0.717, 1.165) is 16.7 Å². The third kappa shape index (κ3) is 3.87. The van der Waals surface area contributed by atoms with E-state index in [1.54, 1.807) is 24.1 Å². The molecule has 0 bridgehead atoms. The van der Waals surface area contributed by atoms with Gasteiger partial charge in [-0.3, -0.25) is 9.59 Å². The molecule has 5 heteroatoms. The van der Waals surface area contributed by atoms with Crippen LogP contribution >= 0.6 is 0 Å². The van der Waals surface area contributed by atoms with E-state index in [9.17, 15) is 9.59 Å². The van der Waals surface area contributed by atoms with Crippen molar-refractivity contribution in [1.82, 2.24) is 14.7 Å².